The molecule has 2 fully saturated rings. The molecule has 0 aliphatic carbocycles. The van der Waals surface area contributed by atoms with Gasteiger partial charge in [0.1, 0.15) is 0 Å². The van der Waals surface area contributed by atoms with Crippen LogP contribution in [0.2, 0.25) is 0 Å². The minimum Gasteiger partial charge on any atom is -0.342 e. The van der Waals surface area contributed by atoms with E-state index >= 15 is 0 Å². The van der Waals surface area contributed by atoms with Gasteiger partial charge in [0.15, 0.2) is 9.84 Å². The molecule has 2 aliphatic heterocycles. The van der Waals surface area contributed by atoms with Crippen LogP contribution in [-0.2, 0) is 24.7 Å². The van der Waals surface area contributed by atoms with E-state index in [4.69, 9.17) is 0 Å². The summed E-state index contributed by atoms with van der Waals surface area (Å²) in [5, 5.41) is 0. The predicted molar refractivity (Wildman–Crippen MR) is 96.8 cm³/mol. The van der Waals surface area contributed by atoms with Gasteiger partial charge in [-0.05, 0) is 49.9 Å². The first-order chi connectivity index (χ1) is 12.2. The number of amides is 1. The highest BCUT2D eigenvalue weighted by Gasteiger charge is 2.34. The molecule has 1 aromatic rings. The number of nitrogens with zero attached hydrogens (tertiary/aromatic N) is 2. The van der Waals surface area contributed by atoms with Crippen LogP contribution >= 0.6 is 0 Å². The lowest BCUT2D eigenvalue weighted by Crippen LogP contribution is -2.43. The molecule has 0 saturated carbocycles. The molecule has 7 nitrogen and oxygen atoms in total. The number of hydrogen-bond acceptors (Lipinski definition) is 5. The molecular formula is C17H24N2O5S2. The van der Waals surface area contributed by atoms with Gasteiger partial charge >= 0.3 is 0 Å². The number of carbonyl (C=O) groups is 1. The molecule has 9 heteroatoms. The smallest absolute Gasteiger partial charge is 0.243 e. The van der Waals surface area contributed by atoms with Crippen LogP contribution in [-0.4, -0.2) is 64.4 Å². The van der Waals surface area contributed by atoms with Crippen molar-refractivity contribution in [2.24, 2.45) is 5.92 Å². The van der Waals surface area contributed by atoms with Gasteiger partial charge in [-0.15, -0.1) is 0 Å². The highest BCUT2D eigenvalue weighted by molar-refractivity contribution is 7.90. The fourth-order valence-electron chi connectivity index (χ4n) is 3.55. The summed E-state index contributed by atoms with van der Waals surface area (Å²) in [6.45, 7) is 2.23. The van der Waals surface area contributed by atoms with Crippen LogP contribution in [0.5, 0.6) is 0 Å². The molecular weight excluding hydrogens is 376 g/mol. The molecule has 0 N–H and O–H groups in total. The monoisotopic (exact) mass is 400 g/mol. The number of likely N-dealkylation sites (tertiary alicyclic amines) is 1. The van der Waals surface area contributed by atoms with Crippen LogP contribution in [0.4, 0.5) is 0 Å². The third-order valence-corrected chi connectivity index (χ3v) is 8.15. The van der Waals surface area contributed by atoms with Crippen LogP contribution in [0.25, 0.3) is 0 Å². The van der Waals surface area contributed by atoms with Crippen LogP contribution in [0, 0.1) is 5.92 Å². The number of sulfonamides is 1. The van der Waals surface area contributed by atoms with E-state index in [1.165, 1.54) is 28.6 Å². The van der Waals surface area contributed by atoms with Gasteiger partial charge in [-0.1, -0.05) is 0 Å². The summed E-state index contributed by atoms with van der Waals surface area (Å²) in [5.41, 5.74) is 0. The van der Waals surface area contributed by atoms with Gasteiger partial charge in [0, 0.05) is 38.4 Å². The van der Waals surface area contributed by atoms with E-state index in [9.17, 15) is 21.6 Å². The standard InChI is InChI=1S/C17H24N2O5S2/c1-25(21,22)15-4-6-16(7-5-15)26(23,24)19-12-8-14(9-13-19)17(20)18-10-2-3-11-18/h4-7,14H,2-3,8-13H2,1H3. The number of benzene rings is 1. The fourth-order valence-corrected chi connectivity index (χ4v) is 5.65. The van der Waals surface area contributed by atoms with Crippen molar-refractivity contribution in [2.75, 3.05) is 32.4 Å². The maximum Gasteiger partial charge on any atom is 0.243 e. The van der Waals surface area contributed by atoms with E-state index in [1.807, 2.05) is 4.90 Å². The number of sulfone groups is 1. The second-order valence-electron chi connectivity index (χ2n) is 6.95. The van der Waals surface area contributed by atoms with Gasteiger partial charge in [0.25, 0.3) is 0 Å². The van der Waals surface area contributed by atoms with Crippen LogP contribution in [0.3, 0.4) is 0 Å². The number of carbonyl (C=O) groups excluding carboxylic acids is 1. The van der Waals surface area contributed by atoms with Crippen molar-refractivity contribution >= 4 is 25.8 Å². The molecule has 0 radical (unpaired) electrons. The van der Waals surface area contributed by atoms with Crippen LogP contribution in [0.1, 0.15) is 25.7 Å². The normalized spacial score (nSPS) is 20.4. The lowest BCUT2D eigenvalue weighted by molar-refractivity contribution is -0.135. The molecule has 3 rings (SSSR count). The van der Waals surface area contributed by atoms with E-state index in [2.05, 4.69) is 0 Å². The van der Waals surface area contributed by atoms with Gasteiger partial charge in [-0.3, -0.25) is 4.79 Å². The Morgan fingerprint density at radius 1 is 0.885 bits per heavy atom. The Morgan fingerprint density at radius 2 is 1.38 bits per heavy atom. The summed E-state index contributed by atoms with van der Waals surface area (Å²) in [4.78, 5) is 14.5. The first-order valence-corrected chi connectivity index (χ1v) is 12.1. The van der Waals surface area contributed by atoms with Crippen molar-refractivity contribution in [2.45, 2.75) is 35.5 Å². The Labute approximate surface area is 155 Å². The molecule has 0 bridgehead atoms. The second kappa shape index (κ2) is 7.28. The van der Waals surface area contributed by atoms with Crippen molar-refractivity contribution in [1.29, 1.82) is 0 Å². The topological polar surface area (TPSA) is 91.8 Å². The quantitative estimate of drug-likeness (QED) is 0.755. The molecule has 0 spiro atoms. The van der Waals surface area contributed by atoms with Crippen molar-refractivity contribution < 1.29 is 21.6 Å². The first-order valence-electron chi connectivity index (χ1n) is 8.78. The maximum atomic E-state index is 12.8. The van der Waals surface area contributed by atoms with Gasteiger partial charge < -0.3 is 4.90 Å². The summed E-state index contributed by atoms with van der Waals surface area (Å²) in [5.74, 6) is 0.0456. The number of rotatable bonds is 4. The van der Waals surface area contributed by atoms with E-state index < -0.39 is 19.9 Å². The molecule has 2 saturated heterocycles. The molecule has 2 heterocycles. The highest BCUT2D eigenvalue weighted by atomic mass is 32.2. The largest absolute Gasteiger partial charge is 0.342 e. The Balaban J connectivity index is 1.67. The second-order valence-corrected chi connectivity index (χ2v) is 10.9. The average Bonchev–Trinajstić information content (AvgIpc) is 3.15. The molecule has 1 aromatic carbocycles. The Hall–Kier alpha value is -1.45. The molecule has 0 aromatic heterocycles. The summed E-state index contributed by atoms with van der Waals surface area (Å²) in [6.07, 6.45) is 4.22. The summed E-state index contributed by atoms with van der Waals surface area (Å²) >= 11 is 0. The zero-order valence-electron chi connectivity index (χ0n) is 14.8. The minimum atomic E-state index is -3.68. The zero-order valence-corrected chi connectivity index (χ0v) is 16.4. The zero-order chi connectivity index (χ0) is 18.9. The van der Waals surface area contributed by atoms with E-state index in [1.54, 1.807) is 0 Å². The SMILES string of the molecule is CS(=O)(=O)c1ccc(S(=O)(=O)N2CCC(C(=O)N3CCCC3)CC2)cc1. The fraction of sp³-hybridized carbons (Fsp3) is 0.588. The minimum absolute atomic E-state index is 0.0780. The van der Waals surface area contributed by atoms with Gasteiger partial charge in [-0.2, -0.15) is 4.31 Å². The summed E-state index contributed by atoms with van der Waals surface area (Å²) in [7, 11) is -7.04. The van der Waals surface area contributed by atoms with Gasteiger partial charge in [0.2, 0.25) is 15.9 Å². The van der Waals surface area contributed by atoms with Crippen molar-refractivity contribution in [1.82, 2.24) is 9.21 Å². The van der Waals surface area contributed by atoms with Crippen LogP contribution in [0.15, 0.2) is 34.1 Å². The number of piperidine rings is 1. The Kier molecular flexibility index (Phi) is 5.41. The lowest BCUT2D eigenvalue weighted by atomic mass is 9.97. The highest BCUT2D eigenvalue weighted by Crippen LogP contribution is 2.26. The predicted octanol–water partition coefficient (Wildman–Crippen LogP) is 1.11. The summed E-state index contributed by atoms with van der Waals surface area (Å²) in [6, 6.07) is 5.28. The van der Waals surface area contributed by atoms with Gasteiger partial charge in [-0.25, -0.2) is 16.8 Å². The van der Waals surface area contributed by atoms with Crippen LogP contribution < -0.4 is 0 Å². The van der Waals surface area contributed by atoms with Gasteiger partial charge in [0.05, 0.1) is 9.79 Å². The average molecular weight is 401 g/mol. The van der Waals surface area contributed by atoms with Crippen molar-refractivity contribution in [3.05, 3.63) is 24.3 Å². The maximum absolute atomic E-state index is 12.8. The molecule has 0 unspecified atom stereocenters. The molecule has 2 aliphatic rings. The molecule has 1 amide bonds. The van der Waals surface area contributed by atoms with E-state index in [0.717, 1.165) is 32.2 Å². The van der Waals surface area contributed by atoms with E-state index in [-0.39, 0.29) is 21.6 Å². The molecule has 26 heavy (non-hydrogen) atoms. The third-order valence-electron chi connectivity index (χ3n) is 5.11. The third kappa shape index (κ3) is 3.94. The Bertz CT molecular complexity index is 864. The Morgan fingerprint density at radius 3 is 1.88 bits per heavy atom. The molecule has 0 atom stereocenters. The summed E-state index contributed by atoms with van der Waals surface area (Å²) < 4.78 is 49.9. The lowest BCUT2D eigenvalue weighted by Gasteiger charge is -2.32. The van der Waals surface area contributed by atoms with Crippen molar-refractivity contribution in [3.8, 4) is 0 Å². The van der Waals surface area contributed by atoms with Crippen molar-refractivity contribution in [3.63, 3.8) is 0 Å². The first kappa shape index (κ1) is 19.3. The number of hydrogen-bond donors (Lipinski definition) is 0. The molecule has 144 valence electrons. The van der Waals surface area contributed by atoms with E-state index in [0.29, 0.717) is 25.9 Å².